The Labute approximate surface area is 140 Å². The summed E-state index contributed by atoms with van der Waals surface area (Å²) in [6.45, 7) is 4.96. The Morgan fingerprint density at radius 2 is 1.79 bits per heavy atom. The third-order valence-electron chi connectivity index (χ3n) is 3.75. The molecule has 0 unspecified atom stereocenters. The van der Waals surface area contributed by atoms with Gasteiger partial charge in [-0.3, -0.25) is 9.59 Å². The van der Waals surface area contributed by atoms with Crippen molar-refractivity contribution in [2.24, 2.45) is 0 Å². The lowest BCUT2D eigenvalue weighted by Crippen LogP contribution is -2.53. The lowest BCUT2D eigenvalue weighted by atomic mass is 10.2. The monoisotopic (exact) mass is 335 g/mol. The summed E-state index contributed by atoms with van der Waals surface area (Å²) in [5.41, 5.74) is 1.12. The van der Waals surface area contributed by atoms with Gasteiger partial charge in [-0.15, -0.1) is 0 Å². The van der Waals surface area contributed by atoms with Gasteiger partial charge in [0.1, 0.15) is 5.75 Å². The standard InChI is InChI=1S/C16H21N3O5/c1-3-24-16(23)19-8-6-18(7-9-19)15(22)14(21)17-13-5-4-12(20)10-11(13)2/h4-5,10,20H,3,6-9H2,1-2H3,(H,17,21). The van der Waals surface area contributed by atoms with E-state index in [-0.39, 0.29) is 18.8 Å². The SMILES string of the molecule is CCOC(=O)N1CCN(C(=O)C(=O)Nc2ccc(O)cc2C)CC1. The van der Waals surface area contributed by atoms with Crippen LogP contribution in [0.15, 0.2) is 18.2 Å². The zero-order valence-electron chi connectivity index (χ0n) is 13.7. The van der Waals surface area contributed by atoms with Crippen molar-refractivity contribution in [1.29, 1.82) is 0 Å². The van der Waals surface area contributed by atoms with Crippen LogP contribution in [0.4, 0.5) is 10.5 Å². The number of ether oxygens (including phenoxy) is 1. The normalized spacial score (nSPS) is 14.2. The maximum Gasteiger partial charge on any atom is 0.409 e. The Morgan fingerprint density at radius 1 is 1.17 bits per heavy atom. The lowest BCUT2D eigenvalue weighted by molar-refractivity contribution is -0.144. The molecule has 3 amide bonds. The van der Waals surface area contributed by atoms with Crippen LogP contribution in [0.2, 0.25) is 0 Å². The summed E-state index contributed by atoms with van der Waals surface area (Å²) in [4.78, 5) is 38.8. The molecule has 2 rings (SSSR count). The lowest BCUT2D eigenvalue weighted by Gasteiger charge is -2.33. The number of hydrogen-bond donors (Lipinski definition) is 2. The van der Waals surface area contributed by atoms with Crippen LogP contribution in [0.3, 0.4) is 0 Å². The maximum absolute atomic E-state index is 12.2. The highest BCUT2D eigenvalue weighted by molar-refractivity contribution is 6.39. The molecule has 1 heterocycles. The molecule has 1 aliphatic rings. The highest BCUT2D eigenvalue weighted by atomic mass is 16.6. The average molecular weight is 335 g/mol. The van der Waals surface area contributed by atoms with Crippen LogP contribution in [0.25, 0.3) is 0 Å². The van der Waals surface area contributed by atoms with Gasteiger partial charge in [0.25, 0.3) is 0 Å². The van der Waals surface area contributed by atoms with Gasteiger partial charge in [-0.2, -0.15) is 0 Å². The number of nitrogens with one attached hydrogen (secondary N) is 1. The number of phenols is 1. The van der Waals surface area contributed by atoms with Gasteiger partial charge in [0.2, 0.25) is 0 Å². The predicted octanol–water partition coefficient (Wildman–Crippen LogP) is 0.940. The first-order valence-corrected chi connectivity index (χ1v) is 7.74. The minimum atomic E-state index is -0.742. The second-order valence-electron chi connectivity index (χ2n) is 5.43. The van der Waals surface area contributed by atoms with Crippen molar-refractivity contribution in [2.75, 3.05) is 38.1 Å². The van der Waals surface area contributed by atoms with E-state index in [0.717, 1.165) is 0 Å². The molecule has 0 saturated carbocycles. The van der Waals surface area contributed by atoms with Gasteiger partial charge >= 0.3 is 17.9 Å². The van der Waals surface area contributed by atoms with Crippen molar-refractivity contribution in [2.45, 2.75) is 13.8 Å². The molecule has 0 bridgehead atoms. The molecule has 1 aromatic rings. The maximum atomic E-state index is 12.2. The first kappa shape index (κ1) is 17.6. The van der Waals surface area contributed by atoms with E-state index in [1.165, 1.54) is 28.0 Å². The molecule has 8 nitrogen and oxygen atoms in total. The van der Waals surface area contributed by atoms with Gasteiger partial charge in [-0.05, 0) is 37.6 Å². The number of benzene rings is 1. The minimum Gasteiger partial charge on any atom is -0.508 e. The molecule has 24 heavy (non-hydrogen) atoms. The highest BCUT2D eigenvalue weighted by Crippen LogP contribution is 2.20. The van der Waals surface area contributed by atoms with Crippen LogP contribution < -0.4 is 5.32 Å². The fourth-order valence-corrected chi connectivity index (χ4v) is 2.41. The molecule has 0 spiro atoms. The van der Waals surface area contributed by atoms with Crippen molar-refractivity contribution in [3.63, 3.8) is 0 Å². The van der Waals surface area contributed by atoms with Crippen molar-refractivity contribution in [3.05, 3.63) is 23.8 Å². The Kier molecular flexibility index (Phi) is 5.62. The van der Waals surface area contributed by atoms with Crippen LogP contribution in [-0.4, -0.2) is 65.6 Å². The smallest absolute Gasteiger partial charge is 0.409 e. The topological polar surface area (TPSA) is 99.2 Å². The minimum absolute atomic E-state index is 0.0897. The van der Waals surface area contributed by atoms with Crippen molar-refractivity contribution in [3.8, 4) is 5.75 Å². The second-order valence-corrected chi connectivity index (χ2v) is 5.43. The fourth-order valence-electron chi connectivity index (χ4n) is 2.41. The summed E-state index contributed by atoms with van der Waals surface area (Å²) in [6.07, 6.45) is -0.409. The van der Waals surface area contributed by atoms with E-state index in [0.29, 0.717) is 30.9 Å². The molecule has 1 aromatic carbocycles. The number of aryl methyl sites for hydroxylation is 1. The van der Waals surface area contributed by atoms with Gasteiger partial charge in [-0.1, -0.05) is 0 Å². The molecule has 8 heteroatoms. The van der Waals surface area contributed by atoms with E-state index in [1.54, 1.807) is 13.8 Å². The van der Waals surface area contributed by atoms with E-state index in [1.807, 2.05) is 0 Å². The number of anilines is 1. The first-order chi connectivity index (χ1) is 11.4. The Morgan fingerprint density at radius 3 is 2.38 bits per heavy atom. The number of carbonyl (C=O) groups excluding carboxylic acids is 3. The number of piperazine rings is 1. The van der Waals surface area contributed by atoms with Crippen molar-refractivity contribution < 1.29 is 24.2 Å². The van der Waals surface area contributed by atoms with E-state index in [9.17, 15) is 19.5 Å². The largest absolute Gasteiger partial charge is 0.508 e. The van der Waals surface area contributed by atoms with Crippen LogP contribution in [0.1, 0.15) is 12.5 Å². The fraction of sp³-hybridized carbons (Fsp3) is 0.438. The zero-order chi connectivity index (χ0) is 17.7. The molecule has 0 radical (unpaired) electrons. The number of aromatic hydroxyl groups is 1. The summed E-state index contributed by atoms with van der Waals surface area (Å²) in [6, 6.07) is 4.47. The third kappa shape index (κ3) is 4.15. The van der Waals surface area contributed by atoms with Crippen molar-refractivity contribution >= 4 is 23.6 Å². The summed E-state index contributed by atoms with van der Waals surface area (Å²) in [5.74, 6) is -1.30. The Balaban J connectivity index is 1.90. The summed E-state index contributed by atoms with van der Waals surface area (Å²) < 4.78 is 4.91. The van der Waals surface area contributed by atoms with E-state index >= 15 is 0 Å². The van der Waals surface area contributed by atoms with Gasteiger partial charge in [0, 0.05) is 31.9 Å². The molecule has 130 valence electrons. The number of amides is 3. The summed E-state index contributed by atoms with van der Waals surface area (Å²) in [7, 11) is 0. The van der Waals surface area contributed by atoms with Gasteiger partial charge in [0.15, 0.2) is 0 Å². The molecule has 1 fully saturated rings. The number of phenolic OH excluding ortho intramolecular Hbond substituents is 1. The number of nitrogens with zero attached hydrogens (tertiary/aromatic N) is 2. The average Bonchev–Trinajstić information content (AvgIpc) is 2.57. The van der Waals surface area contributed by atoms with Crippen LogP contribution in [0, 0.1) is 6.92 Å². The van der Waals surface area contributed by atoms with Crippen LogP contribution in [0.5, 0.6) is 5.75 Å². The quantitative estimate of drug-likeness (QED) is 0.619. The predicted molar refractivity (Wildman–Crippen MR) is 86.6 cm³/mol. The molecular weight excluding hydrogens is 314 g/mol. The van der Waals surface area contributed by atoms with E-state index < -0.39 is 17.9 Å². The van der Waals surface area contributed by atoms with E-state index in [4.69, 9.17) is 4.74 Å². The number of rotatable bonds is 2. The number of hydrogen-bond acceptors (Lipinski definition) is 5. The molecule has 1 saturated heterocycles. The Hall–Kier alpha value is -2.77. The second kappa shape index (κ2) is 7.67. The molecule has 0 aliphatic carbocycles. The summed E-state index contributed by atoms with van der Waals surface area (Å²) >= 11 is 0. The van der Waals surface area contributed by atoms with Gasteiger partial charge in [-0.25, -0.2) is 4.79 Å². The zero-order valence-corrected chi connectivity index (χ0v) is 13.7. The summed E-state index contributed by atoms with van der Waals surface area (Å²) in [5, 5.41) is 11.9. The van der Waals surface area contributed by atoms with Crippen LogP contribution >= 0.6 is 0 Å². The molecule has 0 aromatic heterocycles. The highest BCUT2D eigenvalue weighted by Gasteiger charge is 2.28. The third-order valence-corrected chi connectivity index (χ3v) is 3.75. The molecule has 0 atom stereocenters. The number of carbonyl (C=O) groups is 3. The van der Waals surface area contributed by atoms with Crippen LogP contribution in [-0.2, 0) is 14.3 Å². The Bertz CT molecular complexity index is 639. The molecule has 2 N–H and O–H groups in total. The first-order valence-electron chi connectivity index (χ1n) is 7.74. The van der Waals surface area contributed by atoms with E-state index in [2.05, 4.69) is 5.32 Å². The molecular formula is C16H21N3O5. The van der Waals surface area contributed by atoms with Crippen molar-refractivity contribution in [1.82, 2.24) is 9.80 Å². The van der Waals surface area contributed by atoms with Gasteiger partial charge < -0.3 is 25.0 Å². The van der Waals surface area contributed by atoms with Gasteiger partial charge in [0.05, 0.1) is 6.61 Å². The molecule has 1 aliphatic heterocycles.